The third kappa shape index (κ3) is 1.73. The molecule has 0 atom stereocenters. The number of hydrogen-bond acceptors (Lipinski definition) is 5. The van der Waals surface area contributed by atoms with Crippen LogP contribution in [0.3, 0.4) is 0 Å². The Bertz CT molecular complexity index is 559. The van der Waals surface area contributed by atoms with Gasteiger partial charge in [0.1, 0.15) is 11.4 Å². The van der Waals surface area contributed by atoms with Crippen molar-refractivity contribution in [2.45, 2.75) is 13.8 Å². The van der Waals surface area contributed by atoms with E-state index in [0.29, 0.717) is 17.1 Å². The molecule has 0 aliphatic heterocycles. The number of Topliss-reactive ketones (excluding diaryl/α,β-unsaturated/α-hetero) is 1. The number of allylic oxidation sites excluding steroid dienone is 2. The number of nitrogens with zero attached hydrogens (tertiary/aromatic N) is 3. The second-order valence-corrected chi connectivity index (χ2v) is 4.21. The zero-order valence-corrected chi connectivity index (χ0v) is 10.2. The molecular formula is C12H13N3O2. The van der Waals surface area contributed by atoms with Gasteiger partial charge in [-0.1, -0.05) is 0 Å². The van der Waals surface area contributed by atoms with Crippen LogP contribution in [0.25, 0.3) is 0 Å². The van der Waals surface area contributed by atoms with E-state index in [9.17, 15) is 9.59 Å². The van der Waals surface area contributed by atoms with Gasteiger partial charge in [-0.25, -0.2) is 9.97 Å². The van der Waals surface area contributed by atoms with Crippen molar-refractivity contribution in [1.29, 1.82) is 0 Å². The molecule has 0 aromatic carbocycles. The minimum atomic E-state index is -0.265. The van der Waals surface area contributed by atoms with Crippen molar-refractivity contribution in [2.75, 3.05) is 14.1 Å². The minimum absolute atomic E-state index is 0.156. The number of aryl methyl sites for hydroxylation is 2. The molecule has 0 unspecified atom stereocenters. The van der Waals surface area contributed by atoms with E-state index >= 15 is 0 Å². The van der Waals surface area contributed by atoms with E-state index < -0.39 is 0 Å². The molecule has 1 heterocycles. The summed E-state index contributed by atoms with van der Waals surface area (Å²) >= 11 is 0. The van der Waals surface area contributed by atoms with Crippen LogP contribution in [0.1, 0.15) is 32.4 Å². The van der Waals surface area contributed by atoms with Crippen molar-refractivity contribution >= 4 is 11.6 Å². The van der Waals surface area contributed by atoms with Gasteiger partial charge in [0.15, 0.2) is 0 Å². The topological polar surface area (TPSA) is 63.2 Å². The lowest BCUT2D eigenvalue weighted by atomic mass is 10.0. The molecule has 17 heavy (non-hydrogen) atoms. The SMILES string of the molecule is Cc1nc2c(nc1C)C(=O)C(N(C)C)=CC2=O. The summed E-state index contributed by atoms with van der Waals surface area (Å²) in [5.74, 6) is -0.515. The maximum Gasteiger partial charge on any atom is 0.229 e. The molecule has 0 saturated carbocycles. The lowest BCUT2D eigenvalue weighted by Gasteiger charge is -2.20. The van der Waals surface area contributed by atoms with Gasteiger partial charge < -0.3 is 4.90 Å². The lowest BCUT2D eigenvalue weighted by Crippen LogP contribution is -2.28. The molecule has 5 nitrogen and oxygen atoms in total. The molecule has 0 amide bonds. The van der Waals surface area contributed by atoms with Gasteiger partial charge in [0, 0.05) is 20.2 Å². The monoisotopic (exact) mass is 231 g/mol. The van der Waals surface area contributed by atoms with Crippen molar-refractivity contribution in [3.05, 3.63) is 34.5 Å². The highest BCUT2D eigenvalue weighted by atomic mass is 16.1. The number of likely N-dealkylation sites (N-methyl/N-ethyl adjacent to an activating group) is 1. The first-order valence-electron chi connectivity index (χ1n) is 5.25. The number of ketones is 2. The number of aromatic nitrogens is 2. The summed E-state index contributed by atoms with van der Waals surface area (Å²) < 4.78 is 0. The van der Waals surface area contributed by atoms with Gasteiger partial charge in [0.25, 0.3) is 0 Å². The Labute approximate surface area is 99.2 Å². The summed E-state index contributed by atoms with van der Waals surface area (Å²) in [6.07, 6.45) is 1.31. The molecule has 0 spiro atoms. The van der Waals surface area contributed by atoms with E-state index in [-0.39, 0.29) is 23.0 Å². The first-order chi connectivity index (χ1) is 7.91. The third-order valence-electron chi connectivity index (χ3n) is 2.74. The quantitative estimate of drug-likeness (QED) is 0.719. The van der Waals surface area contributed by atoms with E-state index in [1.165, 1.54) is 6.08 Å². The fraction of sp³-hybridized carbons (Fsp3) is 0.333. The van der Waals surface area contributed by atoms with Gasteiger partial charge >= 0.3 is 0 Å². The molecular weight excluding hydrogens is 218 g/mol. The Morgan fingerprint density at radius 1 is 1.00 bits per heavy atom. The first-order valence-corrected chi connectivity index (χ1v) is 5.25. The number of hydrogen-bond donors (Lipinski definition) is 0. The fourth-order valence-corrected chi connectivity index (χ4v) is 1.64. The predicted molar refractivity (Wildman–Crippen MR) is 61.9 cm³/mol. The Kier molecular flexibility index (Phi) is 2.53. The number of fused-ring (bicyclic) bond motifs is 1. The van der Waals surface area contributed by atoms with Crippen LogP contribution in [0.5, 0.6) is 0 Å². The van der Waals surface area contributed by atoms with Crippen LogP contribution < -0.4 is 0 Å². The van der Waals surface area contributed by atoms with E-state index in [2.05, 4.69) is 9.97 Å². The summed E-state index contributed by atoms with van der Waals surface area (Å²) in [5, 5.41) is 0. The third-order valence-corrected chi connectivity index (χ3v) is 2.74. The Morgan fingerprint density at radius 2 is 1.53 bits per heavy atom. The zero-order chi connectivity index (χ0) is 12.7. The number of carbonyl (C=O) groups is 2. The summed E-state index contributed by atoms with van der Waals surface area (Å²) in [4.78, 5) is 33.9. The highest BCUT2D eigenvalue weighted by molar-refractivity contribution is 6.22. The molecule has 2 rings (SSSR count). The molecule has 1 aliphatic rings. The lowest BCUT2D eigenvalue weighted by molar-refractivity contribution is 0.0954. The largest absolute Gasteiger partial charge is 0.374 e. The number of rotatable bonds is 1. The molecule has 1 aromatic rings. The smallest absolute Gasteiger partial charge is 0.229 e. The Balaban J connectivity index is 2.64. The average molecular weight is 231 g/mol. The molecule has 1 aliphatic carbocycles. The maximum absolute atomic E-state index is 12.1. The highest BCUT2D eigenvalue weighted by Gasteiger charge is 2.30. The van der Waals surface area contributed by atoms with Crippen molar-refractivity contribution < 1.29 is 9.59 Å². The van der Waals surface area contributed by atoms with Gasteiger partial charge in [-0.3, -0.25) is 9.59 Å². The first kappa shape index (κ1) is 11.4. The Hall–Kier alpha value is -2.04. The van der Waals surface area contributed by atoms with Crippen LogP contribution in [0.15, 0.2) is 11.8 Å². The average Bonchev–Trinajstić information content (AvgIpc) is 2.25. The Morgan fingerprint density at radius 3 is 2.06 bits per heavy atom. The minimum Gasteiger partial charge on any atom is -0.374 e. The number of carbonyl (C=O) groups excluding carboxylic acids is 2. The van der Waals surface area contributed by atoms with Gasteiger partial charge in [-0.2, -0.15) is 0 Å². The molecule has 0 fully saturated rings. The van der Waals surface area contributed by atoms with E-state index in [4.69, 9.17) is 0 Å². The van der Waals surface area contributed by atoms with Crippen LogP contribution in [-0.2, 0) is 0 Å². The van der Waals surface area contributed by atoms with Crippen LogP contribution in [0.4, 0.5) is 0 Å². The molecule has 88 valence electrons. The van der Waals surface area contributed by atoms with Crippen LogP contribution in [0.2, 0.25) is 0 Å². The molecule has 1 aromatic heterocycles. The van der Waals surface area contributed by atoms with E-state index in [1.54, 1.807) is 32.8 Å². The second-order valence-electron chi connectivity index (χ2n) is 4.21. The molecule has 0 N–H and O–H groups in total. The van der Waals surface area contributed by atoms with Gasteiger partial charge in [-0.05, 0) is 13.8 Å². The summed E-state index contributed by atoms with van der Waals surface area (Å²) in [6.45, 7) is 3.54. The standard InChI is InChI=1S/C12H13N3O2/c1-6-7(2)14-11-10(13-6)9(16)5-8(12(11)17)15(3)4/h5H,1-4H3. The van der Waals surface area contributed by atoms with Gasteiger partial charge in [0.2, 0.25) is 11.6 Å². The normalized spacial score (nSPS) is 14.5. The molecule has 5 heteroatoms. The van der Waals surface area contributed by atoms with Crippen LogP contribution in [0, 0.1) is 13.8 Å². The highest BCUT2D eigenvalue weighted by Crippen LogP contribution is 2.20. The zero-order valence-electron chi connectivity index (χ0n) is 10.2. The maximum atomic E-state index is 12.1. The van der Waals surface area contributed by atoms with Gasteiger partial charge in [0.05, 0.1) is 17.1 Å². The molecule has 0 radical (unpaired) electrons. The molecule has 0 saturated heterocycles. The predicted octanol–water partition coefficient (Wildman–Crippen LogP) is 0.918. The van der Waals surface area contributed by atoms with E-state index in [1.807, 2.05) is 0 Å². The summed E-state index contributed by atoms with van der Waals surface area (Å²) in [6, 6.07) is 0. The van der Waals surface area contributed by atoms with Crippen molar-refractivity contribution in [3.63, 3.8) is 0 Å². The molecule has 0 bridgehead atoms. The summed E-state index contributed by atoms with van der Waals surface area (Å²) in [7, 11) is 3.44. The second kappa shape index (κ2) is 3.76. The van der Waals surface area contributed by atoms with Crippen LogP contribution >= 0.6 is 0 Å². The van der Waals surface area contributed by atoms with E-state index in [0.717, 1.165) is 0 Å². The van der Waals surface area contributed by atoms with Crippen molar-refractivity contribution in [2.24, 2.45) is 0 Å². The van der Waals surface area contributed by atoms with Gasteiger partial charge in [-0.15, -0.1) is 0 Å². The van der Waals surface area contributed by atoms with Crippen LogP contribution in [-0.4, -0.2) is 40.5 Å². The fourth-order valence-electron chi connectivity index (χ4n) is 1.64. The van der Waals surface area contributed by atoms with Crippen molar-refractivity contribution in [1.82, 2.24) is 14.9 Å². The summed E-state index contributed by atoms with van der Waals surface area (Å²) in [5.41, 5.74) is 2.00. The van der Waals surface area contributed by atoms with Crippen molar-refractivity contribution in [3.8, 4) is 0 Å².